The van der Waals surface area contributed by atoms with Crippen LogP contribution in [-0.2, 0) is 0 Å². The molecule has 0 saturated carbocycles. The van der Waals surface area contributed by atoms with Crippen LogP contribution in [0.15, 0.2) is 36.4 Å². The maximum atomic E-state index is 9.34. The van der Waals surface area contributed by atoms with Gasteiger partial charge in [0.15, 0.2) is 11.5 Å². The molecule has 0 amide bonds. The summed E-state index contributed by atoms with van der Waals surface area (Å²) in [5.74, 6) is 1.38. The Hall–Kier alpha value is -2.15. The molecule has 0 atom stereocenters. The van der Waals surface area contributed by atoms with Gasteiger partial charge in [0.05, 0.1) is 21.7 Å². The number of halogens is 2. The lowest BCUT2D eigenvalue weighted by Gasteiger charge is -2.03. The number of benzene rings is 2. The second-order valence-corrected chi connectivity index (χ2v) is 5.23. The molecule has 1 aliphatic heterocycles. The molecule has 0 saturated heterocycles. The van der Waals surface area contributed by atoms with Gasteiger partial charge in [-0.1, -0.05) is 35.3 Å². The third-order valence-electron chi connectivity index (χ3n) is 3.06. The van der Waals surface area contributed by atoms with Crippen molar-refractivity contribution < 1.29 is 9.47 Å². The van der Waals surface area contributed by atoms with Gasteiger partial charge in [0.2, 0.25) is 6.79 Å². The van der Waals surface area contributed by atoms with Gasteiger partial charge >= 0.3 is 0 Å². The number of hydrogen-bond donors (Lipinski definition) is 0. The Bertz CT molecular complexity index is 778. The summed E-state index contributed by atoms with van der Waals surface area (Å²) in [6.07, 6.45) is 1.77. The van der Waals surface area contributed by atoms with Crippen LogP contribution in [0.25, 0.3) is 11.6 Å². The molecule has 1 heterocycles. The quantitative estimate of drug-likeness (QED) is 0.591. The number of rotatable bonds is 2. The monoisotopic (exact) mass is 317 g/mol. The van der Waals surface area contributed by atoms with E-state index in [1.807, 2.05) is 18.2 Å². The Morgan fingerprint density at radius 1 is 1.05 bits per heavy atom. The third kappa shape index (κ3) is 2.82. The molecule has 5 heteroatoms. The van der Waals surface area contributed by atoms with Crippen molar-refractivity contribution in [3.8, 4) is 17.6 Å². The first-order valence-corrected chi connectivity index (χ1v) is 6.90. The number of fused-ring (bicyclic) bond motifs is 1. The molecular formula is C16H9Cl2NO2. The van der Waals surface area contributed by atoms with Crippen LogP contribution in [0.1, 0.15) is 11.1 Å². The van der Waals surface area contributed by atoms with Gasteiger partial charge in [-0.05, 0) is 41.5 Å². The highest BCUT2D eigenvalue weighted by molar-refractivity contribution is 6.42. The van der Waals surface area contributed by atoms with Crippen LogP contribution in [0.4, 0.5) is 0 Å². The SMILES string of the molecule is N#C/C(=C/c1ccc2c(c1)OCO2)c1ccc(Cl)c(Cl)c1. The molecule has 1 aliphatic rings. The Morgan fingerprint density at radius 2 is 1.86 bits per heavy atom. The van der Waals surface area contributed by atoms with Crippen molar-refractivity contribution in [1.29, 1.82) is 5.26 Å². The molecule has 0 N–H and O–H groups in total. The average molecular weight is 318 g/mol. The van der Waals surface area contributed by atoms with Gasteiger partial charge in [-0.25, -0.2) is 0 Å². The first kappa shape index (κ1) is 13.8. The minimum atomic E-state index is 0.223. The Morgan fingerprint density at radius 3 is 2.62 bits per heavy atom. The highest BCUT2D eigenvalue weighted by atomic mass is 35.5. The van der Waals surface area contributed by atoms with E-state index in [0.717, 1.165) is 5.56 Å². The molecular weight excluding hydrogens is 309 g/mol. The Labute approximate surface area is 131 Å². The summed E-state index contributed by atoms with van der Waals surface area (Å²) in [4.78, 5) is 0. The molecule has 0 fully saturated rings. The third-order valence-corrected chi connectivity index (χ3v) is 3.80. The molecule has 0 spiro atoms. The average Bonchev–Trinajstić information content (AvgIpc) is 2.95. The van der Waals surface area contributed by atoms with Crippen molar-refractivity contribution in [3.05, 3.63) is 57.6 Å². The van der Waals surface area contributed by atoms with Crippen LogP contribution in [0.2, 0.25) is 10.0 Å². The topological polar surface area (TPSA) is 42.2 Å². The van der Waals surface area contributed by atoms with Crippen molar-refractivity contribution >= 4 is 34.9 Å². The predicted octanol–water partition coefficient (Wildman–Crippen LogP) is 4.79. The fourth-order valence-corrected chi connectivity index (χ4v) is 2.31. The van der Waals surface area contributed by atoms with Crippen molar-refractivity contribution in [2.24, 2.45) is 0 Å². The molecule has 0 bridgehead atoms. The lowest BCUT2D eigenvalue weighted by molar-refractivity contribution is 0.174. The zero-order valence-electron chi connectivity index (χ0n) is 10.8. The van der Waals surface area contributed by atoms with Crippen molar-refractivity contribution in [3.63, 3.8) is 0 Å². The molecule has 0 aromatic heterocycles. The molecule has 104 valence electrons. The Kier molecular flexibility index (Phi) is 3.74. The van der Waals surface area contributed by atoms with Gasteiger partial charge in [0, 0.05) is 0 Å². The molecule has 21 heavy (non-hydrogen) atoms. The summed E-state index contributed by atoms with van der Waals surface area (Å²) >= 11 is 11.9. The minimum Gasteiger partial charge on any atom is -0.454 e. The molecule has 0 unspecified atom stereocenters. The lowest BCUT2D eigenvalue weighted by Crippen LogP contribution is -1.92. The van der Waals surface area contributed by atoms with Crippen LogP contribution < -0.4 is 9.47 Å². The maximum absolute atomic E-state index is 9.34. The summed E-state index contributed by atoms with van der Waals surface area (Å²) in [6.45, 7) is 0.223. The summed E-state index contributed by atoms with van der Waals surface area (Å²) < 4.78 is 10.6. The molecule has 3 rings (SSSR count). The molecule has 2 aromatic rings. The van der Waals surface area contributed by atoms with Crippen LogP contribution >= 0.6 is 23.2 Å². The summed E-state index contributed by atoms with van der Waals surface area (Å²) in [6, 6.07) is 12.8. The lowest BCUT2D eigenvalue weighted by atomic mass is 10.0. The number of hydrogen-bond acceptors (Lipinski definition) is 3. The van der Waals surface area contributed by atoms with Gasteiger partial charge in [-0.2, -0.15) is 5.26 Å². The van der Waals surface area contributed by atoms with Gasteiger partial charge in [0.1, 0.15) is 0 Å². The van der Waals surface area contributed by atoms with E-state index in [0.29, 0.717) is 32.7 Å². The second kappa shape index (κ2) is 5.69. The fraction of sp³-hybridized carbons (Fsp3) is 0.0625. The highest BCUT2D eigenvalue weighted by Gasteiger charge is 2.13. The van der Waals surface area contributed by atoms with Gasteiger partial charge in [0.25, 0.3) is 0 Å². The van der Waals surface area contributed by atoms with E-state index in [1.54, 1.807) is 24.3 Å². The summed E-state index contributed by atoms with van der Waals surface area (Å²) in [5.41, 5.74) is 2.05. The zero-order valence-corrected chi connectivity index (χ0v) is 12.3. The van der Waals surface area contributed by atoms with Crippen LogP contribution in [0.5, 0.6) is 11.5 Å². The van der Waals surface area contributed by atoms with Gasteiger partial charge < -0.3 is 9.47 Å². The van der Waals surface area contributed by atoms with Crippen LogP contribution in [0.3, 0.4) is 0 Å². The van der Waals surface area contributed by atoms with E-state index in [2.05, 4.69) is 6.07 Å². The van der Waals surface area contributed by atoms with Gasteiger partial charge in [-0.15, -0.1) is 0 Å². The summed E-state index contributed by atoms with van der Waals surface area (Å²) in [7, 11) is 0. The number of nitriles is 1. The van der Waals surface area contributed by atoms with E-state index in [9.17, 15) is 5.26 Å². The molecule has 0 radical (unpaired) electrons. The summed E-state index contributed by atoms with van der Waals surface area (Å²) in [5, 5.41) is 10.2. The molecule has 0 aliphatic carbocycles. The van der Waals surface area contributed by atoms with E-state index in [-0.39, 0.29) is 6.79 Å². The standard InChI is InChI=1S/C16H9Cl2NO2/c17-13-3-2-11(7-14(13)18)12(8-19)5-10-1-4-15-16(6-10)21-9-20-15/h1-7H,9H2/b12-5-. The van der Waals surface area contributed by atoms with E-state index < -0.39 is 0 Å². The van der Waals surface area contributed by atoms with Crippen LogP contribution in [0, 0.1) is 11.3 Å². The van der Waals surface area contributed by atoms with Crippen LogP contribution in [-0.4, -0.2) is 6.79 Å². The maximum Gasteiger partial charge on any atom is 0.231 e. The highest BCUT2D eigenvalue weighted by Crippen LogP contribution is 2.34. The van der Waals surface area contributed by atoms with Crippen molar-refractivity contribution in [2.75, 3.05) is 6.79 Å². The fourth-order valence-electron chi connectivity index (χ4n) is 2.01. The first-order chi connectivity index (χ1) is 10.2. The predicted molar refractivity (Wildman–Crippen MR) is 82.5 cm³/mol. The molecule has 2 aromatic carbocycles. The normalized spacial score (nSPS) is 13.1. The first-order valence-electron chi connectivity index (χ1n) is 6.14. The number of nitrogens with zero attached hydrogens (tertiary/aromatic N) is 1. The zero-order chi connectivity index (χ0) is 14.8. The molecule has 3 nitrogen and oxygen atoms in total. The number of ether oxygens (including phenoxy) is 2. The van der Waals surface area contributed by atoms with E-state index in [1.165, 1.54) is 0 Å². The van der Waals surface area contributed by atoms with Crippen molar-refractivity contribution in [2.45, 2.75) is 0 Å². The van der Waals surface area contributed by atoms with Gasteiger partial charge in [-0.3, -0.25) is 0 Å². The van der Waals surface area contributed by atoms with E-state index >= 15 is 0 Å². The minimum absolute atomic E-state index is 0.223. The van der Waals surface area contributed by atoms with E-state index in [4.69, 9.17) is 32.7 Å². The Balaban J connectivity index is 1.99. The number of allylic oxidation sites excluding steroid dienone is 1. The second-order valence-electron chi connectivity index (χ2n) is 4.41. The van der Waals surface area contributed by atoms with Crippen molar-refractivity contribution in [1.82, 2.24) is 0 Å². The largest absolute Gasteiger partial charge is 0.454 e. The smallest absolute Gasteiger partial charge is 0.231 e.